The lowest BCUT2D eigenvalue weighted by molar-refractivity contribution is -0.113. The molecule has 4 rings (SSSR count). The molecule has 0 saturated heterocycles. The van der Waals surface area contributed by atoms with E-state index in [4.69, 9.17) is 21.1 Å². The Morgan fingerprint density at radius 2 is 1.90 bits per heavy atom. The molecule has 0 aliphatic rings. The normalized spacial score (nSPS) is 11.7. The smallest absolute Gasteiger partial charge is 0.341 e. The first-order valence-electron chi connectivity index (χ1n) is 12.5. The number of methoxy groups -OCH3 is 1. The average Bonchev–Trinajstić information content (AvgIpc) is 3.55. The van der Waals surface area contributed by atoms with Crippen LogP contribution in [0.5, 0.6) is 5.75 Å². The van der Waals surface area contributed by atoms with Crippen LogP contribution in [0.3, 0.4) is 0 Å². The Balaban J connectivity index is 1.48. The van der Waals surface area contributed by atoms with Gasteiger partial charge < -0.3 is 14.8 Å². The van der Waals surface area contributed by atoms with E-state index in [1.165, 1.54) is 42.3 Å². The van der Waals surface area contributed by atoms with Crippen molar-refractivity contribution in [2.45, 2.75) is 38.6 Å². The number of thioether (sulfide) groups is 1. The van der Waals surface area contributed by atoms with Gasteiger partial charge in [-0.3, -0.25) is 9.36 Å². The number of aryl methyl sites for hydroxylation is 2. The second-order valence-corrected chi connectivity index (χ2v) is 11.3. The van der Waals surface area contributed by atoms with Crippen LogP contribution in [0.25, 0.3) is 11.1 Å². The molecule has 41 heavy (non-hydrogen) atoms. The van der Waals surface area contributed by atoms with Gasteiger partial charge in [0, 0.05) is 22.5 Å². The van der Waals surface area contributed by atoms with Crippen LogP contribution >= 0.6 is 34.7 Å². The van der Waals surface area contributed by atoms with Crippen LogP contribution in [0.4, 0.5) is 9.39 Å². The van der Waals surface area contributed by atoms with Gasteiger partial charge in [0.1, 0.15) is 22.1 Å². The molecule has 0 saturated carbocycles. The summed E-state index contributed by atoms with van der Waals surface area (Å²) in [5.74, 6) is -0.102. The summed E-state index contributed by atoms with van der Waals surface area (Å²) in [6.45, 7) is 9.95. The van der Waals surface area contributed by atoms with E-state index >= 15 is 0 Å². The first-order chi connectivity index (χ1) is 19.6. The Bertz CT molecular complexity index is 1560. The second-order valence-electron chi connectivity index (χ2n) is 9.06. The van der Waals surface area contributed by atoms with Crippen LogP contribution in [0.1, 0.15) is 40.3 Å². The molecular formula is C29H28ClFN4O4S2. The number of hydrogen-bond acceptors (Lipinski definition) is 8. The predicted molar refractivity (Wildman–Crippen MR) is 161 cm³/mol. The van der Waals surface area contributed by atoms with Crippen molar-refractivity contribution >= 4 is 51.6 Å². The molecule has 2 aromatic carbocycles. The molecule has 2 heterocycles. The number of rotatable bonds is 11. The zero-order valence-electron chi connectivity index (χ0n) is 22.9. The van der Waals surface area contributed by atoms with E-state index < -0.39 is 17.9 Å². The van der Waals surface area contributed by atoms with Gasteiger partial charge in [0.25, 0.3) is 0 Å². The minimum absolute atomic E-state index is 0.00445. The van der Waals surface area contributed by atoms with Gasteiger partial charge in [0.05, 0.1) is 12.9 Å². The molecule has 1 unspecified atom stereocenters. The maximum atomic E-state index is 13.4. The molecule has 1 atom stereocenters. The van der Waals surface area contributed by atoms with Crippen molar-refractivity contribution < 1.29 is 23.5 Å². The van der Waals surface area contributed by atoms with E-state index in [0.29, 0.717) is 44.4 Å². The van der Waals surface area contributed by atoms with E-state index in [-0.39, 0.29) is 17.2 Å². The molecule has 0 aliphatic heterocycles. The predicted octanol–water partition coefficient (Wildman–Crippen LogP) is 7.26. The number of nitrogens with one attached hydrogen (secondary N) is 1. The molecule has 1 amide bonds. The minimum atomic E-state index is -0.607. The number of amides is 1. The quantitative estimate of drug-likeness (QED) is 0.108. The SMILES string of the molecule is C=CCn1c(SCC(=O)Nc2scc(-c3ccc(F)cc3)c2C(=O)OC)nnc1C(C)Oc1cc(C)c(Cl)c(C)c1. The first kappa shape index (κ1) is 30.3. The molecule has 8 nitrogen and oxygen atoms in total. The summed E-state index contributed by atoms with van der Waals surface area (Å²) in [6, 6.07) is 9.48. The number of carbonyl (C=O) groups is 2. The highest BCUT2D eigenvalue weighted by atomic mass is 35.5. The van der Waals surface area contributed by atoms with E-state index in [1.807, 2.05) is 37.5 Å². The summed E-state index contributed by atoms with van der Waals surface area (Å²) in [6.07, 6.45) is 1.27. The van der Waals surface area contributed by atoms with Gasteiger partial charge in [0.15, 0.2) is 17.1 Å². The number of ether oxygens (including phenoxy) is 2. The molecular weight excluding hydrogens is 587 g/mol. The molecule has 1 N–H and O–H groups in total. The molecule has 4 aromatic rings. The van der Waals surface area contributed by atoms with Crippen LogP contribution < -0.4 is 10.1 Å². The molecule has 0 spiro atoms. The van der Waals surface area contributed by atoms with Crippen LogP contribution in [0.2, 0.25) is 5.02 Å². The fraction of sp³-hybridized carbons (Fsp3) is 0.241. The molecule has 0 aliphatic carbocycles. The third-order valence-corrected chi connectivity index (χ3v) is 8.52. The minimum Gasteiger partial charge on any atom is -0.483 e. The monoisotopic (exact) mass is 614 g/mol. The van der Waals surface area contributed by atoms with Crippen LogP contribution in [-0.2, 0) is 16.1 Å². The maximum Gasteiger partial charge on any atom is 0.341 e. The van der Waals surface area contributed by atoms with Gasteiger partial charge in [-0.1, -0.05) is 41.6 Å². The third-order valence-electron chi connectivity index (χ3n) is 6.06. The highest BCUT2D eigenvalue weighted by molar-refractivity contribution is 7.99. The highest BCUT2D eigenvalue weighted by Crippen LogP contribution is 2.36. The van der Waals surface area contributed by atoms with Crippen LogP contribution in [0.15, 0.2) is 59.6 Å². The Morgan fingerprint density at radius 3 is 2.54 bits per heavy atom. The number of benzene rings is 2. The first-order valence-corrected chi connectivity index (χ1v) is 14.7. The van der Waals surface area contributed by atoms with Crippen LogP contribution in [0, 0.1) is 19.7 Å². The van der Waals surface area contributed by atoms with Gasteiger partial charge in [-0.15, -0.1) is 28.1 Å². The van der Waals surface area contributed by atoms with Crippen molar-refractivity contribution in [1.82, 2.24) is 14.8 Å². The Hall–Kier alpha value is -3.67. The maximum absolute atomic E-state index is 13.4. The lowest BCUT2D eigenvalue weighted by Crippen LogP contribution is -2.17. The fourth-order valence-corrected chi connectivity index (χ4v) is 5.97. The summed E-state index contributed by atoms with van der Waals surface area (Å²) >= 11 is 8.67. The van der Waals surface area contributed by atoms with E-state index in [1.54, 1.807) is 23.6 Å². The Labute approximate surface area is 250 Å². The fourth-order valence-electron chi connectivity index (χ4n) is 4.13. The third kappa shape index (κ3) is 6.98. The van der Waals surface area contributed by atoms with Crippen molar-refractivity contribution in [2.24, 2.45) is 0 Å². The second kappa shape index (κ2) is 13.3. The van der Waals surface area contributed by atoms with Gasteiger partial charge in [-0.25, -0.2) is 9.18 Å². The van der Waals surface area contributed by atoms with Crippen molar-refractivity contribution in [2.75, 3.05) is 18.2 Å². The summed E-state index contributed by atoms with van der Waals surface area (Å²) in [5, 5.41) is 14.7. The zero-order valence-corrected chi connectivity index (χ0v) is 25.3. The summed E-state index contributed by atoms with van der Waals surface area (Å²) in [5.41, 5.74) is 3.20. The number of carbonyl (C=O) groups excluding carboxylic acids is 2. The Morgan fingerprint density at radius 1 is 1.22 bits per heavy atom. The van der Waals surface area contributed by atoms with Crippen molar-refractivity contribution in [3.05, 3.63) is 87.8 Å². The lowest BCUT2D eigenvalue weighted by Gasteiger charge is -2.17. The number of anilines is 1. The standard InChI is InChI=1S/C29H28ClFN4O4S2/c1-6-11-35-26(18(4)39-21-12-16(2)25(30)17(3)13-21)33-34-29(35)41-15-23(36)32-27-24(28(37)38-5)22(14-40-27)19-7-9-20(31)10-8-19/h6-10,12-14,18H,1,11,15H2,2-5H3,(H,32,36). The summed E-state index contributed by atoms with van der Waals surface area (Å²) in [7, 11) is 1.26. The molecule has 2 aromatic heterocycles. The number of esters is 1. The van der Waals surface area contributed by atoms with E-state index in [9.17, 15) is 14.0 Å². The van der Waals surface area contributed by atoms with Gasteiger partial charge in [-0.2, -0.15) is 0 Å². The van der Waals surface area contributed by atoms with Gasteiger partial charge >= 0.3 is 5.97 Å². The molecule has 0 bridgehead atoms. The van der Waals surface area contributed by atoms with Crippen molar-refractivity contribution in [1.29, 1.82) is 0 Å². The topological polar surface area (TPSA) is 95.3 Å². The van der Waals surface area contributed by atoms with Crippen molar-refractivity contribution in [3.8, 4) is 16.9 Å². The summed E-state index contributed by atoms with van der Waals surface area (Å²) in [4.78, 5) is 25.5. The summed E-state index contributed by atoms with van der Waals surface area (Å²) < 4.78 is 26.3. The van der Waals surface area contributed by atoms with Gasteiger partial charge in [0.2, 0.25) is 5.91 Å². The highest BCUT2D eigenvalue weighted by Gasteiger charge is 2.24. The number of thiophene rings is 1. The van der Waals surface area contributed by atoms with E-state index in [0.717, 1.165) is 11.1 Å². The van der Waals surface area contributed by atoms with Crippen molar-refractivity contribution in [3.63, 3.8) is 0 Å². The zero-order chi connectivity index (χ0) is 29.7. The number of halogens is 2. The van der Waals surface area contributed by atoms with E-state index in [2.05, 4.69) is 22.1 Å². The molecule has 214 valence electrons. The molecule has 0 fully saturated rings. The average molecular weight is 615 g/mol. The lowest BCUT2D eigenvalue weighted by atomic mass is 10.0. The molecule has 0 radical (unpaired) electrons. The molecule has 12 heteroatoms. The number of allylic oxidation sites excluding steroid dienone is 1. The largest absolute Gasteiger partial charge is 0.483 e. The number of hydrogen-bond donors (Lipinski definition) is 1. The Kier molecular flexibility index (Phi) is 9.85. The number of aromatic nitrogens is 3. The number of nitrogens with zero attached hydrogens (tertiary/aromatic N) is 3. The van der Waals surface area contributed by atoms with Gasteiger partial charge in [-0.05, 0) is 61.7 Å². The van der Waals surface area contributed by atoms with Crippen LogP contribution in [-0.4, -0.2) is 39.5 Å².